The molecule has 0 amide bonds. The van der Waals surface area contributed by atoms with Crippen LogP contribution in [0.2, 0.25) is 0 Å². The molecule has 108 valence electrons. The van der Waals surface area contributed by atoms with Crippen LogP contribution >= 0.6 is 0 Å². The summed E-state index contributed by atoms with van der Waals surface area (Å²) in [6.45, 7) is 4.00. The maximum absolute atomic E-state index is 11.2. The van der Waals surface area contributed by atoms with Gasteiger partial charge in [-0.25, -0.2) is 4.68 Å². The lowest BCUT2D eigenvalue weighted by atomic mass is 10.1. The summed E-state index contributed by atoms with van der Waals surface area (Å²) in [5.41, 5.74) is 8.60. The summed E-state index contributed by atoms with van der Waals surface area (Å²) < 4.78 is 13.0. The minimum atomic E-state index is -0.814. The Hall–Kier alpha value is -1.76. The standard InChI is InChI=1S/C13H19N5OS/c1-9-5-4-6-11(14)12(9)13-15-16-17-18(13)10(2)7-8-20(3)19/h4-6,10H,7-8,14H2,1-3H3. The molecule has 0 aliphatic heterocycles. The molecular formula is C13H19N5OS. The fourth-order valence-electron chi connectivity index (χ4n) is 2.11. The largest absolute Gasteiger partial charge is 0.398 e. The van der Waals surface area contributed by atoms with Crippen LogP contribution in [-0.4, -0.2) is 36.4 Å². The van der Waals surface area contributed by atoms with E-state index < -0.39 is 10.8 Å². The Balaban J connectivity index is 2.35. The average molecular weight is 293 g/mol. The van der Waals surface area contributed by atoms with Gasteiger partial charge in [0.2, 0.25) is 0 Å². The highest BCUT2D eigenvalue weighted by molar-refractivity contribution is 7.84. The highest BCUT2D eigenvalue weighted by Crippen LogP contribution is 2.29. The monoisotopic (exact) mass is 293 g/mol. The molecule has 6 nitrogen and oxygen atoms in total. The smallest absolute Gasteiger partial charge is 0.184 e. The van der Waals surface area contributed by atoms with Crippen LogP contribution in [0.15, 0.2) is 18.2 Å². The third-order valence-corrected chi connectivity index (χ3v) is 4.07. The average Bonchev–Trinajstić information content (AvgIpc) is 2.85. The summed E-state index contributed by atoms with van der Waals surface area (Å²) in [6.07, 6.45) is 2.46. The van der Waals surface area contributed by atoms with Crippen molar-refractivity contribution < 1.29 is 4.21 Å². The van der Waals surface area contributed by atoms with Crippen LogP contribution in [0, 0.1) is 6.92 Å². The first kappa shape index (κ1) is 14.6. The van der Waals surface area contributed by atoms with Gasteiger partial charge < -0.3 is 5.73 Å². The number of nitrogens with two attached hydrogens (primary N) is 1. The van der Waals surface area contributed by atoms with E-state index in [2.05, 4.69) is 15.5 Å². The van der Waals surface area contributed by atoms with Gasteiger partial charge in [0.05, 0.1) is 6.04 Å². The van der Waals surface area contributed by atoms with E-state index in [4.69, 9.17) is 5.73 Å². The third kappa shape index (κ3) is 3.04. The molecule has 7 heteroatoms. The summed E-state index contributed by atoms with van der Waals surface area (Å²) in [4.78, 5) is 0. The lowest BCUT2D eigenvalue weighted by molar-refractivity contribution is 0.470. The van der Waals surface area contributed by atoms with Gasteiger partial charge >= 0.3 is 0 Å². The zero-order valence-corrected chi connectivity index (χ0v) is 12.7. The Kier molecular flexibility index (Phi) is 4.49. The summed E-state index contributed by atoms with van der Waals surface area (Å²) in [5.74, 6) is 1.29. The molecule has 0 aliphatic carbocycles. The molecule has 0 radical (unpaired) electrons. The topological polar surface area (TPSA) is 86.7 Å². The van der Waals surface area contributed by atoms with Gasteiger partial charge in [-0.2, -0.15) is 0 Å². The van der Waals surface area contributed by atoms with Gasteiger partial charge in [0.25, 0.3) is 0 Å². The van der Waals surface area contributed by atoms with Gasteiger partial charge in [0.15, 0.2) is 5.82 Å². The van der Waals surface area contributed by atoms with Crippen LogP contribution in [-0.2, 0) is 10.8 Å². The zero-order valence-electron chi connectivity index (χ0n) is 11.9. The summed E-state index contributed by atoms with van der Waals surface area (Å²) >= 11 is 0. The Morgan fingerprint density at radius 2 is 2.20 bits per heavy atom. The molecule has 20 heavy (non-hydrogen) atoms. The van der Waals surface area contributed by atoms with E-state index in [-0.39, 0.29) is 6.04 Å². The van der Waals surface area contributed by atoms with Crippen molar-refractivity contribution in [1.82, 2.24) is 20.2 Å². The number of rotatable bonds is 5. The first-order valence-corrected chi connectivity index (χ1v) is 8.16. The third-order valence-electron chi connectivity index (χ3n) is 3.26. The Morgan fingerprint density at radius 1 is 1.45 bits per heavy atom. The van der Waals surface area contributed by atoms with E-state index in [1.807, 2.05) is 32.0 Å². The molecule has 0 spiro atoms. The van der Waals surface area contributed by atoms with Crippen LogP contribution in [0.5, 0.6) is 0 Å². The second-order valence-electron chi connectivity index (χ2n) is 4.90. The molecular weight excluding hydrogens is 274 g/mol. The highest BCUT2D eigenvalue weighted by Gasteiger charge is 2.18. The van der Waals surface area contributed by atoms with E-state index >= 15 is 0 Å². The predicted octanol–water partition coefficient (Wildman–Crippen LogP) is 1.56. The minimum Gasteiger partial charge on any atom is -0.398 e. The van der Waals surface area contributed by atoms with Gasteiger partial charge in [-0.1, -0.05) is 12.1 Å². The van der Waals surface area contributed by atoms with Gasteiger partial charge in [0, 0.05) is 34.1 Å². The van der Waals surface area contributed by atoms with Crippen LogP contribution in [0.3, 0.4) is 0 Å². The number of nitrogens with zero attached hydrogens (tertiary/aromatic N) is 4. The van der Waals surface area contributed by atoms with Crippen LogP contribution in [0.1, 0.15) is 24.9 Å². The van der Waals surface area contributed by atoms with Crippen molar-refractivity contribution in [2.45, 2.75) is 26.3 Å². The number of nitrogen functional groups attached to an aromatic ring is 1. The van der Waals surface area contributed by atoms with Crippen molar-refractivity contribution >= 4 is 16.5 Å². The zero-order chi connectivity index (χ0) is 14.7. The molecule has 0 saturated carbocycles. The molecule has 1 heterocycles. The number of aromatic nitrogens is 4. The van der Waals surface area contributed by atoms with Crippen molar-refractivity contribution in [2.75, 3.05) is 17.7 Å². The van der Waals surface area contributed by atoms with Gasteiger partial charge in [-0.15, -0.1) is 5.10 Å². The van der Waals surface area contributed by atoms with Crippen LogP contribution in [0.25, 0.3) is 11.4 Å². The molecule has 0 bridgehead atoms. The van der Waals surface area contributed by atoms with E-state index in [1.165, 1.54) is 0 Å². The number of tetrazole rings is 1. The molecule has 2 atom stereocenters. The first-order chi connectivity index (χ1) is 9.50. The van der Waals surface area contributed by atoms with Crippen molar-refractivity contribution in [1.29, 1.82) is 0 Å². The number of hydrogen-bond donors (Lipinski definition) is 1. The maximum atomic E-state index is 11.2. The molecule has 0 fully saturated rings. The van der Waals surface area contributed by atoms with Gasteiger partial charge in [0.1, 0.15) is 0 Å². The van der Waals surface area contributed by atoms with Crippen molar-refractivity contribution in [3.8, 4) is 11.4 Å². The maximum Gasteiger partial charge on any atom is 0.184 e. The SMILES string of the molecule is Cc1cccc(N)c1-c1nnnn1C(C)CCS(C)=O. The Labute approximate surface area is 120 Å². The highest BCUT2D eigenvalue weighted by atomic mass is 32.2. The molecule has 2 rings (SSSR count). The Morgan fingerprint density at radius 3 is 2.85 bits per heavy atom. The molecule has 2 N–H and O–H groups in total. The molecule has 2 unspecified atom stereocenters. The lowest BCUT2D eigenvalue weighted by Crippen LogP contribution is -2.13. The normalized spacial score (nSPS) is 14.2. The van der Waals surface area contributed by atoms with Crippen LogP contribution in [0.4, 0.5) is 5.69 Å². The molecule has 0 saturated heterocycles. The van der Waals surface area contributed by atoms with E-state index in [1.54, 1.807) is 10.9 Å². The number of benzene rings is 1. The fourth-order valence-corrected chi connectivity index (χ4v) is 2.78. The second kappa shape index (κ2) is 6.13. The second-order valence-corrected chi connectivity index (χ2v) is 6.46. The predicted molar refractivity (Wildman–Crippen MR) is 80.7 cm³/mol. The lowest BCUT2D eigenvalue weighted by Gasteiger charge is -2.14. The molecule has 1 aromatic carbocycles. The number of anilines is 1. The summed E-state index contributed by atoms with van der Waals surface area (Å²) in [7, 11) is -0.814. The van der Waals surface area contributed by atoms with Crippen molar-refractivity contribution in [3.63, 3.8) is 0 Å². The van der Waals surface area contributed by atoms with Crippen molar-refractivity contribution in [3.05, 3.63) is 23.8 Å². The molecule has 1 aromatic heterocycles. The quantitative estimate of drug-likeness (QED) is 0.845. The van der Waals surface area contributed by atoms with Gasteiger partial charge in [-0.05, 0) is 42.3 Å². The van der Waals surface area contributed by atoms with Gasteiger partial charge in [-0.3, -0.25) is 4.21 Å². The summed E-state index contributed by atoms with van der Waals surface area (Å²) in [5, 5.41) is 11.9. The van der Waals surface area contributed by atoms with E-state index in [0.717, 1.165) is 17.5 Å². The van der Waals surface area contributed by atoms with Crippen LogP contribution < -0.4 is 5.73 Å². The molecule has 2 aromatic rings. The van der Waals surface area contributed by atoms with E-state index in [0.29, 0.717) is 17.3 Å². The number of hydrogen-bond acceptors (Lipinski definition) is 5. The van der Waals surface area contributed by atoms with E-state index in [9.17, 15) is 4.21 Å². The fraction of sp³-hybridized carbons (Fsp3) is 0.462. The minimum absolute atomic E-state index is 0.0721. The Bertz CT molecular complexity index is 605. The molecule has 0 aliphatic rings. The van der Waals surface area contributed by atoms with Crippen molar-refractivity contribution in [2.24, 2.45) is 0 Å². The first-order valence-electron chi connectivity index (χ1n) is 6.44. The number of aryl methyl sites for hydroxylation is 1. The summed E-state index contributed by atoms with van der Waals surface area (Å²) in [6, 6.07) is 5.80.